The van der Waals surface area contributed by atoms with E-state index in [2.05, 4.69) is 20.6 Å². The van der Waals surface area contributed by atoms with E-state index < -0.39 is 23.8 Å². The number of ether oxygens (including phenoxy) is 1. The van der Waals surface area contributed by atoms with E-state index in [1.54, 1.807) is 0 Å². The van der Waals surface area contributed by atoms with E-state index in [1.165, 1.54) is 6.33 Å². The van der Waals surface area contributed by atoms with Crippen LogP contribution in [0.2, 0.25) is 0 Å². The van der Waals surface area contributed by atoms with Gasteiger partial charge in [0.05, 0.1) is 6.33 Å². The first-order chi connectivity index (χ1) is 17.6. The van der Waals surface area contributed by atoms with Gasteiger partial charge in [0.1, 0.15) is 18.3 Å². The van der Waals surface area contributed by atoms with Gasteiger partial charge in [0.2, 0.25) is 0 Å². The highest BCUT2D eigenvalue weighted by Crippen LogP contribution is 2.10. The van der Waals surface area contributed by atoms with Crippen LogP contribution in [0.15, 0.2) is 97.3 Å². The molecule has 1 aromatic heterocycles. The second kappa shape index (κ2) is 12.1. The third kappa shape index (κ3) is 6.66. The third-order valence-electron chi connectivity index (χ3n) is 5.47. The molecule has 0 saturated carbocycles. The zero-order valence-corrected chi connectivity index (χ0v) is 19.5. The van der Waals surface area contributed by atoms with Gasteiger partial charge in [-0.1, -0.05) is 91.0 Å². The number of nitrogens with one attached hydrogen (secondary N) is 3. The predicted molar refractivity (Wildman–Crippen MR) is 134 cm³/mol. The molecule has 0 fully saturated rings. The summed E-state index contributed by atoms with van der Waals surface area (Å²) in [6, 6.07) is 27.0. The van der Waals surface area contributed by atoms with Gasteiger partial charge in [-0.15, -0.1) is 0 Å². The first-order valence-corrected chi connectivity index (χ1v) is 11.5. The van der Waals surface area contributed by atoms with Crippen LogP contribution < -0.4 is 10.6 Å². The van der Waals surface area contributed by atoms with Gasteiger partial charge in [0, 0.05) is 13.0 Å². The minimum atomic E-state index is -0.972. The van der Waals surface area contributed by atoms with Crippen LogP contribution >= 0.6 is 0 Å². The van der Waals surface area contributed by atoms with Gasteiger partial charge in [0.15, 0.2) is 5.69 Å². The Morgan fingerprint density at radius 2 is 1.36 bits per heavy atom. The Bertz CT molecular complexity index is 1290. The van der Waals surface area contributed by atoms with E-state index in [4.69, 9.17) is 4.74 Å². The van der Waals surface area contributed by atoms with Crippen LogP contribution in [0.25, 0.3) is 0 Å². The number of H-pyrrole nitrogens is 1. The van der Waals surface area contributed by atoms with E-state index in [0.717, 1.165) is 16.7 Å². The Kier molecular flexibility index (Phi) is 8.22. The molecule has 36 heavy (non-hydrogen) atoms. The molecule has 1 atom stereocenters. The Hall–Kier alpha value is -4.72. The summed E-state index contributed by atoms with van der Waals surface area (Å²) in [6.07, 6.45) is 1.49. The van der Waals surface area contributed by atoms with Gasteiger partial charge in [-0.25, -0.2) is 9.78 Å². The number of esters is 1. The largest absolute Gasteiger partial charge is 0.459 e. The monoisotopic (exact) mass is 482 g/mol. The molecular weight excluding hydrogens is 456 g/mol. The molecule has 3 N–H and O–H groups in total. The van der Waals surface area contributed by atoms with Crippen LogP contribution in [0.4, 0.5) is 0 Å². The normalized spacial score (nSPS) is 11.3. The maximum absolute atomic E-state index is 13.1. The molecule has 8 heteroatoms. The van der Waals surface area contributed by atoms with E-state index in [0.29, 0.717) is 6.54 Å². The highest BCUT2D eigenvalue weighted by molar-refractivity contribution is 6.05. The Balaban J connectivity index is 1.45. The lowest BCUT2D eigenvalue weighted by Gasteiger charge is -2.18. The fraction of sp³-hybridized carbons (Fsp3) is 0.143. The maximum atomic E-state index is 13.1. The smallest absolute Gasteiger partial charge is 0.329 e. The minimum Gasteiger partial charge on any atom is -0.459 e. The second-order valence-electron chi connectivity index (χ2n) is 8.10. The molecule has 4 aromatic rings. The van der Waals surface area contributed by atoms with Gasteiger partial charge in [-0.05, 0) is 16.7 Å². The van der Waals surface area contributed by atoms with Gasteiger partial charge in [-0.2, -0.15) is 0 Å². The van der Waals surface area contributed by atoms with E-state index >= 15 is 0 Å². The standard InChI is InChI=1S/C28H26N4O4/c33-26(29-17-21-12-6-2-7-13-21)24-25(31-19-30-24)27(34)32-23(16-20-10-4-1-5-11-20)28(35)36-18-22-14-8-3-9-15-22/h1-15,19,23H,16-18H2,(H,29,33)(H,30,31)(H,32,34)/t23-/m0/s1. The summed E-state index contributed by atoms with van der Waals surface area (Å²) in [7, 11) is 0. The quantitative estimate of drug-likeness (QED) is 0.300. The van der Waals surface area contributed by atoms with Crippen molar-refractivity contribution >= 4 is 17.8 Å². The van der Waals surface area contributed by atoms with Crippen LogP contribution in [-0.2, 0) is 29.1 Å². The number of carbonyl (C=O) groups excluding carboxylic acids is 3. The van der Waals surface area contributed by atoms with E-state index in [9.17, 15) is 14.4 Å². The topological polar surface area (TPSA) is 113 Å². The Morgan fingerprint density at radius 1 is 0.778 bits per heavy atom. The second-order valence-corrected chi connectivity index (χ2v) is 8.10. The van der Waals surface area contributed by atoms with Crippen molar-refractivity contribution < 1.29 is 19.1 Å². The molecule has 8 nitrogen and oxygen atoms in total. The summed E-state index contributed by atoms with van der Waals surface area (Å²) in [5.41, 5.74) is 2.51. The molecule has 4 rings (SSSR count). The van der Waals surface area contributed by atoms with Gasteiger partial charge < -0.3 is 20.4 Å². The van der Waals surface area contributed by atoms with Gasteiger partial charge in [0.25, 0.3) is 11.8 Å². The average molecular weight is 483 g/mol. The SMILES string of the molecule is O=C(N[C@@H](Cc1ccccc1)C(=O)OCc1ccccc1)c1nc[nH]c1C(=O)NCc1ccccc1. The molecule has 182 valence electrons. The lowest BCUT2D eigenvalue weighted by atomic mass is 10.1. The first kappa shape index (κ1) is 24.4. The molecule has 0 aliphatic carbocycles. The predicted octanol–water partition coefficient (Wildman–Crippen LogP) is 3.42. The van der Waals surface area contributed by atoms with Crippen molar-refractivity contribution in [1.29, 1.82) is 0 Å². The van der Waals surface area contributed by atoms with Crippen LogP contribution in [0.1, 0.15) is 37.7 Å². The van der Waals surface area contributed by atoms with Crippen molar-refractivity contribution in [3.63, 3.8) is 0 Å². The number of carbonyl (C=O) groups is 3. The highest BCUT2D eigenvalue weighted by Gasteiger charge is 2.27. The van der Waals surface area contributed by atoms with E-state index in [1.807, 2.05) is 91.0 Å². The number of nitrogens with zero attached hydrogens (tertiary/aromatic N) is 1. The third-order valence-corrected chi connectivity index (χ3v) is 5.47. The van der Waals surface area contributed by atoms with Gasteiger partial charge in [-0.3, -0.25) is 9.59 Å². The van der Waals surface area contributed by atoms with Crippen molar-refractivity contribution in [2.75, 3.05) is 0 Å². The van der Waals surface area contributed by atoms with Crippen molar-refractivity contribution in [3.05, 3.63) is 125 Å². The Labute approximate surface area is 208 Å². The molecule has 2 amide bonds. The average Bonchev–Trinajstić information content (AvgIpc) is 3.42. The minimum absolute atomic E-state index is 0.0135. The molecule has 0 saturated heterocycles. The van der Waals surface area contributed by atoms with Crippen LogP contribution in [0, 0.1) is 0 Å². The summed E-state index contributed by atoms with van der Waals surface area (Å²) >= 11 is 0. The molecule has 1 heterocycles. The molecule has 0 aliphatic rings. The number of aromatic nitrogens is 2. The number of rotatable bonds is 10. The highest BCUT2D eigenvalue weighted by atomic mass is 16.5. The van der Waals surface area contributed by atoms with E-state index in [-0.39, 0.29) is 24.4 Å². The molecule has 0 bridgehead atoms. The van der Waals surface area contributed by atoms with Gasteiger partial charge >= 0.3 is 5.97 Å². The zero-order valence-electron chi connectivity index (χ0n) is 19.5. The number of benzene rings is 3. The first-order valence-electron chi connectivity index (χ1n) is 11.5. The number of amides is 2. The molecular formula is C28H26N4O4. The summed E-state index contributed by atoms with van der Waals surface area (Å²) in [5, 5.41) is 5.47. The van der Waals surface area contributed by atoms with Crippen LogP contribution in [-0.4, -0.2) is 33.8 Å². The van der Waals surface area contributed by atoms with Crippen LogP contribution in [0.5, 0.6) is 0 Å². The van der Waals surface area contributed by atoms with Crippen LogP contribution in [0.3, 0.4) is 0 Å². The number of imidazole rings is 1. The summed E-state index contributed by atoms with van der Waals surface area (Å²) in [4.78, 5) is 45.5. The summed E-state index contributed by atoms with van der Waals surface area (Å²) in [5.74, 6) is -1.71. The lowest BCUT2D eigenvalue weighted by molar-refractivity contribution is -0.147. The molecule has 0 aliphatic heterocycles. The Morgan fingerprint density at radius 3 is 2.00 bits per heavy atom. The molecule has 0 spiro atoms. The van der Waals surface area contributed by atoms with Crippen molar-refractivity contribution in [2.45, 2.75) is 25.6 Å². The lowest BCUT2D eigenvalue weighted by Crippen LogP contribution is -2.44. The maximum Gasteiger partial charge on any atom is 0.329 e. The fourth-order valence-electron chi connectivity index (χ4n) is 3.61. The zero-order chi connectivity index (χ0) is 25.2. The number of aromatic amines is 1. The van der Waals surface area contributed by atoms with Crippen molar-refractivity contribution in [3.8, 4) is 0 Å². The summed E-state index contributed by atoms with van der Waals surface area (Å²) in [6.45, 7) is 0.374. The molecule has 0 radical (unpaired) electrons. The fourth-order valence-corrected chi connectivity index (χ4v) is 3.61. The molecule has 0 unspecified atom stereocenters. The molecule has 3 aromatic carbocycles. The van der Waals surface area contributed by atoms with Crippen molar-refractivity contribution in [2.24, 2.45) is 0 Å². The summed E-state index contributed by atoms with van der Waals surface area (Å²) < 4.78 is 5.48. The van der Waals surface area contributed by atoms with Crippen molar-refractivity contribution in [1.82, 2.24) is 20.6 Å². The number of hydrogen-bond donors (Lipinski definition) is 3. The number of hydrogen-bond acceptors (Lipinski definition) is 5.